The van der Waals surface area contributed by atoms with Gasteiger partial charge in [0.2, 0.25) is 0 Å². The molecule has 3 rings (SSSR count). The number of anilines is 1. The molecule has 3 aromatic heterocycles. The van der Waals surface area contributed by atoms with Gasteiger partial charge in [0.05, 0.1) is 4.88 Å². The number of nitrogens with one attached hydrogen (secondary N) is 1. The van der Waals surface area contributed by atoms with E-state index in [1.807, 2.05) is 0 Å². The van der Waals surface area contributed by atoms with Gasteiger partial charge < -0.3 is 14.4 Å². The molecule has 0 saturated heterocycles. The molecule has 3 heterocycles. The van der Waals surface area contributed by atoms with Gasteiger partial charge in [0.15, 0.2) is 5.13 Å². The van der Waals surface area contributed by atoms with Gasteiger partial charge in [-0.3, -0.25) is 4.72 Å². The number of aromatic nitrogens is 2. The van der Waals surface area contributed by atoms with Crippen molar-refractivity contribution in [1.82, 2.24) is 10.1 Å². The van der Waals surface area contributed by atoms with Crippen molar-refractivity contribution in [3.05, 3.63) is 35.5 Å². The Kier molecular flexibility index (Phi) is 4.15. The van der Waals surface area contributed by atoms with E-state index in [4.69, 9.17) is 4.52 Å². The van der Waals surface area contributed by atoms with E-state index in [1.165, 1.54) is 18.5 Å². The molecular formula is C12H8N3O5S3-. The van der Waals surface area contributed by atoms with Gasteiger partial charge in [-0.25, -0.2) is 13.4 Å². The standard InChI is InChI=1S/C12H9N3O5S3/c16-10(17)5-7-6-13-12(21-7)15-23(18,19)11-2-1-9(22-11)8-3-4-20-14-8/h1-4,6H,5H2,(H,13,15)(H,16,17)/p-1. The Hall–Kier alpha value is -2.24. The van der Waals surface area contributed by atoms with Gasteiger partial charge in [0, 0.05) is 29.5 Å². The van der Waals surface area contributed by atoms with Gasteiger partial charge in [-0.15, -0.1) is 22.7 Å². The Labute approximate surface area is 138 Å². The molecule has 8 nitrogen and oxygen atoms in total. The second kappa shape index (κ2) is 6.10. The Morgan fingerprint density at radius 3 is 2.83 bits per heavy atom. The highest BCUT2D eigenvalue weighted by atomic mass is 32.2. The Bertz CT molecular complexity index is 927. The first-order chi connectivity index (χ1) is 10.9. The quantitative estimate of drug-likeness (QED) is 0.685. The minimum atomic E-state index is -3.80. The van der Waals surface area contributed by atoms with Crippen molar-refractivity contribution in [3.8, 4) is 10.6 Å². The van der Waals surface area contributed by atoms with Crippen LogP contribution in [0.1, 0.15) is 4.88 Å². The summed E-state index contributed by atoms with van der Waals surface area (Å²) < 4.78 is 31.8. The van der Waals surface area contributed by atoms with Crippen LogP contribution in [0.2, 0.25) is 0 Å². The third-order valence-electron chi connectivity index (χ3n) is 2.63. The molecule has 0 bridgehead atoms. The van der Waals surface area contributed by atoms with Gasteiger partial charge in [-0.2, -0.15) is 0 Å². The summed E-state index contributed by atoms with van der Waals surface area (Å²) in [7, 11) is -3.80. The fraction of sp³-hybridized carbons (Fsp3) is 0.0833. The summed E-state index contributed by atoms with van der Waals surface area (Å²) in [6.07, 6.45) is 2.39. The van der Waals surface area contributed by atoms with E-state index in [0.29, 0.717) is 15.4 Å². The lowest BCUT2D eigenvalue weighted by Crippen LogP contribution is -2.23. The molecule has 3 aromatic rings. The first kappa shape index (κ1) is 15.6. The van der Waals surface area contributed by atoms with E-state index >= 15 is 0 Å². The topological polar surface area (TPSA) is 125 Å². The van der Waals surface area contributed by atoms with Crippen molar-refractivity contribution in [2.75, 3.05) is 4.72 Å². The summed E-state index contributed by atoms with van der Waals surface area (Å²) in [5.74, 6) is -1.25. The third-order valence-corrected chi connectivity index (χ3v) is 6.61. The number of carboxylic acid groups (broad SMARTS) is 1. The van der Waals surface area contributed by atoms with Crippen molar-refractivity contribution in [3.63, 3.8) is 0 Å². The second-order valence-corrected chi connectivity index (χ2v) is 8.40. The number of thiazole rings is 1. The summed E-state index contributed by atoms with van der Waals surface area (Å²) in [5, 5.41) is 14.4. The van der Waals surface area contributed by atoms with Gasteiger partial charge >= 0.3 is 0 Å². The maximum Gasteiger partial charge on any atom is 0.273 e. The van der Waals surface area contributed by atoms with Crippen LogP contribution >= 0.6 is 22.7 Å². The molecule has 0 fully saturated rings. The fourth-order valence-electron chi connectivity index (χ4n) is 1.69. The van der Waals surface area contributed by atoms with Crippen molar-refractivity contribution in [2.45, 2.75) is 10.6 Å². The van der Waals surface area contributed by atoms with E-state index in [1.54, 1.807) is 12.1 Å². The maximum absolute atomic E-state index is 12.3. The van der Waals surface area contributed by atoms with Crippen LogP contribution in [0.25, 0.3) is 10.6 Å². The van der Waals surface area contributed by atoms with Crippen molar-refractivity contribution >= 4 is 43.8 Å². The number of carbonyl (C=O) groups is 1. The summed E-state index contributed by atoms with van der Waals surface area (Å²) >= 11 is 1.98. The van der Waals surface area contributed by atoms with E-state index in [-0.39, 0.29) is 15.8 Å². The second-order valence-electron chi connectivity index (χ2n) is 4.29. The molecule has 0 aliphatic carbocycles. The summed E-state index contributed by atoms with van der Waals surface area (Å²) in [6, 6.07) is 4.70. The maximum atomic E-state index is 12.3. The predicted octanol–water partition coefficient (Wildman–Crippen LogP) is 0.953. The van der Waals surface area contributed by atoms with E-state index in [9.17, 15) is 18.3 Å². The van der Waals surface area contributed by atoms with E-state index < -0.39 is 16.0 Å². The molecule has 0 aliphatic rings. The van der Waals surface area contributed by atoms with Gasteiger partial charge in [0.25, 0.3) is 10.0 Å². The zero-order valence-electron chi connectivity index (χ0n) is 11.3. The highest BCUT2D eigenvalue weighted by Crippen LogP contribution is 2.31. The predicted molar refractivity (Wildman–Crippen MR) is 81.4 cm³/mol. The number of sulfonamides is 1. The summed E-state index contributed by atoms with van der Waals surface area (Å²) in [4.78, 5) is 15.4. The molecule has 23 heavy (non-hydrogen) atoms. The van der Waals surface area contributed by atoms with Crippen molar-refractivity contribution in [1.29, 1.82) is 0 Å². The van der Waals surface area contributed by atoms with E-state index in [2.05, 4.69) is 14.9 Å². The number of hydrogen-bond donors (Lipinski definition) is 1. The van der Waals surface area contributed by atoms with Crippen LogP contribution < -0.4 is 9.83 Å². The number of rotatable bonds is 6. The molecule has 0 unspecified atom stereocenters. The summed E-state index contributed by atoms with van der Waals surface area (Å²) in [5.41, 5.74) is 0.543. The van der Waals surface area contributed by atoms with Gasteiger partial charge in [-0.1, -0.05) is 5.16 Å². The Morgan fingerprint density at radius 1 is 1.30 bits per heavy atom. The van der Waals surface area contributed by atoms with Crippen LogP contribution in [0.3, 0.4) is 0 Å². The van der Waals surface area contributed by atoms with Gasteiger partial charge in [-0.05, 0) is 12.1 Å². The minimum absolute atomic E-state index is 0.0900. The molecule has 0 radical (unpaired) electrons. The Morgan fingerprint density at radius 2 is 2.13 bits per heavy atom. The van der Waals surface area contributed by atoms with Crippen LogP contribution in [0.15, 0.2) is 39.4 Å². The number of thiophene rings is 1. The van der Waals surface area contributed by atoms with Gasteiger partial charge in [0.1, 0.15) is 16.2 Å². The summed E-state index contributed by atoms with van der Waals surface area (Å²) in [6.45, 7) is 0. The van der Waals surface area contributed by atoms with Crippen LogP contribution in [0.4, 0.5) is 5.13 Å². The molecular weight excluding hydrogens is 362 g/mol. The molecule has 0 amide bonds. The Balaban J connectivity index is 1.79. The zero-order chi connectivity index (χ0) is 16.4. The largest absolute Gasteiger partial charge is 0.550 e. The first-order valence-corrected chi connectivity index (χ1v) is 9.23. The molecule has 1 N–H and O–H groups in total. The smallest absolute Gasteiger partial charge is 0.273 e. The molecule has 120 valence electrons. The number of nitrogens with zero attached hydrogens (tertiary/aromatic N) is 2. The third kappa shape index (κ3) is 3.57. The lowest BCUT2D eigenvalue weighted by molar-refractivity contribution is -0.304. The molecule has 0 aliphatic heterocycles. The van der Waals surface area contributed by atoms with Crippen molar-refractivity contribution in [2.24, 2.45) is 0 Å². The lowest BCUT2D eigenvalue weighted by atomic mass is 10.3. The molecule has 0 saturated carbocycles. The zero-order valence-corrected chi connectivity index (χ0v) is 13.7. The average molecular weight is 370 g/mol. The van der Waals surface area contributed by atoms with Crippen LogP contribution in [-0.4, -0.2) is 24.5 Å². The van der Waals surface area contributed by atoms with Crippen LogP contribution in [-0.2, 0) is 21.2 Å². The van der Waals surface area contributed by atoms with E-state index in [0.717, 1.165) is 22.7 Å². The number of carboxylic acids is 1. The first-order valence-electron chi connectivity index (χ1n) is 6.12. The monoisotopic (exact) mass is 370 g/mol. The molecule has 0 spiro atoms. The number of aliphatic carboxylic acids is 1. The highest BCUT2D eigenvalue weighted by Gasteiger charge is 2.19. The molecule has 0 aromatic carbocycles. The normalized spacial score (nSPS) is 11.5. The SMILES string of the molecule is O=C([O-])Cc1cnc(NS(=O)(=O)c2ccc(-c3ccon3)s2)s1. The lowest BCUT2D eigenvalue weighted by Gasteiger charge is -2.01. The fourth-order valence-corrected chi connectivity index (χ4v) is 4.99. The minimum Gasteiger partial charge on any atom is -0.550 e. The van der Waals surface area contributed by atoms with Crippen LogP contribution in [0, 0.1) is 0 Å². The number of hydrogen-bond acceptors (Lipinski definition) is 9. The number of carbonyl (C=O) groups excluding carboxylic acids is 1. The van der Waals surface area contributed by atoms with Crippen LogP contribution in [0.5, 0.6) is 0 Å². The highest BCUT2D eigenvalue weighted by molar-refractivity contribution is 7.95. The molecule has 0 atom stereocenters. The molecule has 11 heteroatoms. The van der Waals surface area contributed by atoms with Crippen molar-refractivity contribution < 1.29 is 22.8 Å². The average Bonchev–Trinajstić information content (AvgIpc) is 3.18.